The fourth-order valence-electron chi connectivity index (χ4n) is 2.36. The number of nitrogens with zero attached hydrogens (tertiary/aromatic N) is 2. The van der Waals surface area contributed by atoms with Crippen molar-refractivity contribution in [2.24, 2.45) is 0 Å². The van der Waals surface area contributed by atoms with Gasteiger partial charge in [-0.25, -0.2) is 0 Å². The van der Waals surface area contributed by atoms with Crippen LogP contribution in [-0.2, 0) is 6.54 Å². The lowest BCUT2D eigenvalue weighted by atomic mass is 10.1. The van der Waals surface area contributed by atoms with Gasteiger partial charge in [-0.05, 0) is 36.7 Å². The van der Waals surface area contributed by atoms with Gasteiger partial charge in [-0.1, -0.05) is 25.2 Å². The van der Waals surface area contributed by atoms with Crippen molar-refractivity contribution in [1.29, 1.82) is 5.26 Å². The molecule has 0 atom stereocenters. The van der Waals surface area contributed by atoms with Crippen LogP contribution in [0.15, 0.2) is 24.3 Å². The van der Waals surface area contributed by atoms with E-state index >= 15 is 0 Å². The van der Waals surface area contributed by atoms with Crippen molar-refractivity contribution in [3.63, 3.8) is 0 Å². The van der Waals surface area contributed by atoms with Crippen LogP contribution in [0, 0.1) is 11.3 Å². The summed E-state index contributed by atoms with van der Waals surface area (Å²) < 4.78 is 2.66. The highest BCUT2D eigenvalue weighted by Gasteiger charge is 2.33. The standard InChI is InChI=1S/C13H18N2Si/c1-16(2)9-3-8-15(16)11-13-6-4-12(10-14)5-7-13/h4-7H,3,8-9,11H2,1-2H3. The second-order valence-electron chi connectivity index (χ2n) is 5.15. The average molecular weight is 230 g/mol. The van der Waals surface area contributed by atoms with Crippen molar-refractivity contribution in [3.8, 4) is 6.07 Å². The van der Waals surface area contributed by atoms with E-state index in [2.05, 4.69) is 35.9 Å². The van der Waals surface area contributed by atoms with Gasteiger partial charge in [-0.15, -0.1) is 0 Å². The maximum absolute atomic E-state index is 8.74. The SMILES string of the molecule is C[Si]1(C)CCCN1Cc1ccc(C#N)cc1. The van der Waals surface area contributed by atoms with E-state index in [1.807, 2.05) is 12.1 Å². The molecule has 0 spiro atoms. The molecule has 0 saturated carbocycles. The average Bonchev–Trinajstić information content (AvgIpc) is 2.59. The van der Waals surface area contributed by atoms with Crippen LogP contribution in [-0.4, -0.2) is 19.3 Å². The topological polar surface area (TPSA) is 27.0 Å². The third-order valence-electron chi connectivity index (χ3n) is 3.53. The fraction of sp³-hybridized carbons (Fsp3) is 0.462. The molecule has 1 fully saturated rings. The molecule has 16 heavy (non-hydrogen) atoms. The molecule has 0 radical (unpaired) electrons. The van der Waals surface area contributed by atoms with Gasteiger partial charge < -0.3 is 4.57 Å². The summed E-state index contributed by atoms with van der Waals surface area (Å²) in [6, 6.07) is 11.6. The fourth-order valence-corrected chi connectivity index (χ4v) is 5.08. The zero-order valence-corrected chi connectivity index (χ0v) is 11.0. The van der Waals surface area contributed by atoms with E-state index in [0.29, 0.717) is 0 Å². The Labute approximate surface area is 98.6 Å². The van der Waals surface area contributed by atoms with Crippen molar-refractivity contribution < 1.29 is 0 Å². The summed E-state index contributed by atoms with van der Waals surface area (Å²) in [5.74, 6) is 0. The first-order valence-corrected chi connectivity index (χ1v) is 9.01. The molecule has 1 aliphatic rings. The van der Waals surface area contributed by atoms with Gasteiger partial charge in [0.25, 0.3) is 0 Å². The summed E-state index contributed by atoms with van der Waals surface area (Å²) in [7, 11) is -1.11. The second kappa shape index (κ2) is 4.40. The number of benzene rings is 1. The predicted octanol–water partition coefficient (Wildman–Crippen LogP) is 2.97. The van der Waals surface area contributed by atoms with E-state index in [9.17, 15) is 0 Å². The van der Waals surface area contributed by atoms with E-state index in [0.717, 1.165) is 12.1 Å². The number of rotatable bonds is 2. The summed E-state index contributed by atoms with van der Waals surface area (Å²) in [4.78, 5) is 0. The van der Waals surface area contributed by atoms with E-state index in [1.165, 1.54) is 24.6 Å². The van der Waals surface area contributed by atoms with E-state index in [1.54, 1.807) is 0 Å². The Morgan fingerprint density at radius 3 is 2.50 bits per heavy atom. The molecule has 0 aliphatic carbocycles. The van der Waals surface area contributed by atoms with Crippen LogP contribution in [0.25, 0.3) is 0 Å². The van der Waals surface area contributed by atoms with Crippen LogP contribution in [0.2, 0.25) is 19.1 Å². The molecule has 1 saturated heterocycles. The van der Waals surface area contributed by atoms with Gasteiger partial charge in [-0.2, -0.15) is 5.26 Å². The molecular formula is C13H18N2Si. The molecule has 1 heterocycles. The van der Waals surface area contributed by atoms with Gasteiger partial charge in [-0.3, -0.25) is 0 Å². The lowest BCUT2D eigenvalue weighted by Crippen LogP contribution is -2.42. The van der Waals surface area contributed by atoms with Crippen LogP contribution in [0.1, 0.15) is 17.5 Å². The molecule has 0 bridgehead atoms. The maximum atomic E-state index is 8.74. The number of hydrogen-bond donors (Lipinski definition) is 0. The minimum atomic E-state index is -1.11. The highest BCUT2D eigenvalue weighted by atomic mass is 28.3. The van der Waals surface area contributed by atoms with Crippen molar-refractivity contribution in [3.05, 3.63) is 35.4 Å². The summed E-state index contributed by atoms with van der Waals surface area (Å²) >= 11 is 0. The first-order valence-electron chi connectivity index (χ1n) is 5.86. The molecule has 84 valence electrons. The predicted molar refractivity (Wildman–Crippen MR) is 68.5 cm³/mol. The first-order chi connectivity index (χ1) is 7.62. The Bertz CT molecular complexity index is 403. The smallest absolute Gasteiger partial charge is 0.122 e. The first kappa shape index (κ1) is 11.4. The maximum Gasteiger partial charge on any atom is 0.122 e. The Balaban J connectivity index is 2.07. The Morgan fingerprint density at radius 2 is 2.00 bits per heavy atom. The third kappa shape index (κ3) is 2.34. The zero-order valence-electron chi connectivity index (χ0n) is 10.0. The van der Waals surface area contributed by atoms with Gasteiger partial charge in [0.05, 0.1) is 11.6 Å². The molecule has 1 aromatic carbocycles. The van der Waals surface area contributed by atoms with Gasteiger partial charge in [0.1, 0.15) is 8.24 Å². The van der Waals surface area contributed by atoms with Gasteiger partial charge in [0.15, 0.2) is 0 Å². The molecule has 3 heteroatoms. The van der Waals surface area contributed by atoms with Crippen molar-refractivity contribution in [2.45, 2.75) is 32.1 Å². The van der Waals surface area contributed by atoms with Crippen LogP contribution in [0.4, 0.5) is 0 Å². The van der Waals surface area contributed by atoms with E-state index in [-0.39, 0.29) is 0 Å². The Kier molecular flexibility index (Phi) is 3.13. The summed E-state index contributed by atoms with van der Waals surface area (Å²) in [6.07, 6.45) is 1.36. The van der Waals surface area contributed by atoms with Crippen molar-refractivity contribution >= 4 is 8.24 Å². The molecule has 2 rings (SSSR count). The van der Waals surface area contributed by atoms with Gasteiger partial charge >= 0.3 is 0 Å². The summed E-state index contributed by atoms with van der Waals surface area (Å²) in [6.45, 7) is 7.21. The molecular weight excluding hydrogens is 212 g/mol. The van der Waals surface area contributed by atoms with Crippen LogP contribution in [0.3, 0.4) is 0 Å². The summed E-state index contributed by atoms with van der Waals surface area (Å²) in [5.41, 5.74) is 2.09. The highest BCUT2D eigenvalue weighted by Crippen LogP contribution is 2.27. The molecule has 2 nitrogen and oxygen atoms in total. The molecule has 0 unspecified atom stereocenters. The normalized spacial score (nSPS) is 19.6. The van der Waals surface area contributed by atoms with E-state index in [4.69, 9.17) is 5.26 Å². The number of nitriles is 1. The Hall–Kier alpha value is -1.11. The monoisotopic (exact) mass is 230 g/mol. The molecule has 1 aromatic rings. The Morgan fingerprint density at radius 1 is 1.31 bits per heavy atom. The molecule has 0 amide bonds. The number of hydrogen-bond acceptors (Lipinski definition) is 2. The van der Waals surface area contributed by atoms with Crippen LogP contribution in [0.5, 0.6) is 0 Å². The van der Waals surface area contributed by atoms with Gasteiger partial charge in [0.2, 0.25) is 0 Å². The minimum absolute atomic E-state index is 0.752. The molecule has 0 N–H and O–H groups in total. The largest absolute Gasteiger partial charge is 0.320 e. The van der Waals surface area contributed by atoms with Crippen LogP contribution < -0.4 is 0 Å². The van der Waals surface area contributed by atoms with Crippen molar-refractivity contribution in [2.75, 3.05) is 6.54 Å². The zero-order chi connectivity index (χ0) is 11.6. The lowest BCUT2D eigenvalue weighted by molar-refractivity contribution is 0.452. The third-order valence-corrected chi connectivity index (χ3v) is 7.20. The highest BCUT2D eigenvalue weighted by molar-refractivity contribution is 6.75. The van der Waals surface area contributed by atoms with Crippen molar-refractivity contribution in [1.82, 2.24) is 4.57 Å². The quantitative estimate of drug-likeness (QED) is 0.730. The lowest BCUT2D eigenvalue weighted by Gasteiger charge is -2.29. The second-order valence-corrected chi connectivity index (χ2v) is 9.90. The van der Waals surface area contributed by atoms with Crippen LogP contribution >= 0.6 is 0 Å². The van der Waals surface area contributed by atoms with Gasteiger partial charge in [0, 0.05) is 6.54 Å². The summed E-state index contributed by atoms with van der Waals surface area (Å²) in [5, 5.41) is 8.74. The van der Waals surface area contributed by atoms with E-state index < -0.39 is 8.24 Å². The molecule has 1 aliphatic heterocycles. The molecule has 0 aromatic heterocycles. The minimum Gasteiger partial charge on any atom is -0.320 e.